The maximum atomic E-state index is 6.35. The molecule has 0 aliphatic carbocycles. The molecule has 1 aliphatic heterocycles. The second kappa shape index (κ2) is 5.27. The second-order valence-electron chi connectivity index (χ2n) is 5.38. The van der Waals surface area contributed by atoms with Crippen molar-refractivity contribution in [1.82, 2.24) is 9.88 Å². The summed E-state index contributed by atoms with van der Waals surface area (Å²) in [5, 5.41) is 2.50. The number of hydrogen-bond acceptors (Lipinski definition) is 3. The van der Waals surface area contributed by atoms with Gasteiger partial charge in [0.15, 0.2) is 0 Å². The van der Waals surface area contributed by atoms with Crippen molar-refractivity contribution in [2.45, 2.75) is 31.8 Å². The van der Waals surface area contributed by atoms with E-state index in [0.717, 1.165) is 19.5 Å². The Morgan fingerprint density at radius 2 is 2.16 bits per heavy atom. The van der Waals surface area contributed by atoms with Crippen molar-refractivity contribution in [2.75, 3.05) is 13.1 Å². The summed E-state index contributed by atoms with van der Waals surface area (Å²) in [4.78, 5) is 6.91. The van der Waals surface area contributed by atoms with E-state index in [9.17, 15) is 0 Å². The lowest BCUT2D eigenvalue weighted by Crippen LogP contribution is -2.32. The first kappa shape index (κ1) is 12.6. The van der Waals surface area contributed by atoms with Crippen LogP contribution in [0.25, 0.3) is 10.8 Å². The minimum absolute atomic E-state index is 0.221. The molecular weight excluding hydrogens is 234 g/mol. The SMILES string of the molecule is CCCN1CCC(N)C1c1cncc2ccccc12. The van der Waals surface area contributed by atoms with Crippen LogP contribution in [0.4, 0.5) is 0 Å². The van der Waals surface area contributed by atoms with Crippen molar-refractivity contribution >= 4 is 10.8 Å². The maximum Gasteiger partial charge on any atom is 0.0521 e. The summed E-state index contributed by atoms with van der Waals surface area (Å²) in [6, 6.07) is 9.00. The molecule has 100 valence electrons. The Balaban J connectivity index is 2.07. The molecule has 2 unspecified atom stereocenters. The molecule has 0 spiro atoms. The Hall–Kier alpha value is -1.45. The van der Waals surface area contributed by atoms with E-state index in [1.807, 2.05) is 12.4 Å². The number of likely N-dealkylation sites (tertiary alicyclic amines) is 1. The lowest BCUT2D eigenvalue weighted by molar-refractivity contribution is 0.249. The molecule has 1 saturated heterocycles. The largest absolute Gasteiger partial charge is 0.326 e. The predicted octanol–water partition coefficient (Wildman–Crippen LogP) is 2.72. The lowest BCUT2D eigenvalue weighted by Gasteiger charge is -2.27. The van der Waals surface area contributed by atoms with Gasteiger partial charge in [-0.3, -0.25) is 9.88 Å². The molecule has 0 amide bonds. The van der Waals surface area contributed by atoms with Crippen LogP contribution in [0.15, 0.2) is 36.7 Å². The van der Waals surface area contributed by atoms with Gasteiger partial charge in [0, 0.05) is 30.4 Å². The van der Waals surface area contributed by atoms with Gasteiger partial charge < -0.3 is 5.73 Å². The third kappa shape index (κ3) is 2.24. The molecule has 19 heavy (non-hydrogen) atoms. The van der Waals surface area contributed by atoms with Crippen molar-refractivity contribution in [3.8, 4) is 0 Å². The molecule has 2 aromatic rings. The monoisotopic (exact) mass is 255 g/mol. The van der Waals surface area contributed by atoms with Gasteiger partial charge >= 0.3 is 0 Å². The van der Waals surface area contributed by atoms with Gasteiger partial charge in [-0.15, -0.1) is 0 Å². The smallest absolute Gasteiger partial charge is 0.0521 e. The van der Waals surface area contributed by atoms with Crippen molar-refractivity contribution in [1.29, 1.82) is 0 Å². The molecule has 0 radical (unpaired) electrons. The van der Waals surface area contributed by atoms with Crippen LogP contribution < -0.4 is 5.73 Å². The number of nitrogens with two attached hydrogens (primary N) is 1. The molecule has 1 aromatic carbocycles. The van der Waals surface area contributed by atoms with E-state index in [0.29, 0.717) is 6.04 Å². The lowest BCUT2D eigenvalue weighted by atomic mass is 9.97. The molecule has 0 bridgehead atoms. The third-order valence-electron chi connectivity index (χ3n) is 4.08. The zero-order valence-corrected chi connectivity index (χ0v) is 11.4. The topological polar surface area (TPSA) is 42.1 Å². The fraction of sp³-hybridized carbons (Fsp3) is 0.438. The molecule has 2 atom stereocenters. The van der Waals surface area contributed by atoms with Gasteiger partial charge in [-0.1, -0.05) is 31.2 Å². The average Bonchev–Trinajstić information content (AvgIpc) is 2.80. The zero-order chi connectivity index (χ0) is 13.2. The van der Waals surface area contributed by atoms with Crippen LogP contribution in [-0.2, 0) is 0 Å². The third-order valence-corrected chi connectivity index (χ3v) is 4.08. The van der Waals surface area contributed by atoms with Gasteiger partial charge in [0.25, 0.3) is 0 Å². The minimum Gasteiger partial charge on any atom is -0.326 e. The number of aromatic nitrogens is 1. The van der Waals surface area contributed by atoms with Crippen LogP contribution in [0.3, 0.4) is 0 Å². The van der Waals surface area contributed by atoms with Crippen LogP contribution in [0.5, 0.6) is 0 Å². The fourth-order valence-electron chi connectivity index (χ4n) is 3.22. The first-order chi connectivity index (χ1) is 9.31. The summed E-state index contributed by atoms with van der Waals surface area (Å²) in [6.07, 6.45) is 6.18. The summed E-state index contributed by atoms with van der Waals surface area (Å²) in [5.74, 6) is 0. The van der Waals surface area contributed by atoms with Gasteiger partial charge in [0.1, 0.15) is 0 Å². The molecule has 1 aliphatic rings. The first-order valence-electron chi connectivity index (χ1n) is 7.13. The van der Waals surface area contributed by atoms with E-state index < -0.39 is 0 Å². The minimum atomic E-state index is 0.221. The van der Waals surface area contributed by atoms with Gasteiger partial charge in [-0.2, -0.15) is 0 Å². The van der Waals surface area contributed by atoms with Crippen LogP contribution in [0.2, 0.25) is 0 Å². The van der Waals surface area contributed by atoms with Gasteiger partial charge in [0.2, 0.25) is 0 Å². The van der Waals surface area contributed by atoms with Crippen molar-refractivity contribution < 1.29 is 0 Å². The van der Waals surface area contributed by atoms with Crippen LogP contribution in [0.1, 0.15) is 31.4 Å². The summed E-state index contributed by atoms with van der Waals surface area (Å²) in [7, 11) is 0. The van der Waals surface area contributed by atoms with E-state index >= 15 is 0 Å². The zero-order valence-electron chi connectivity index (χ0n) is 11.4. The normalized spacial score (nSPS) is 24.1. The molecule has 0 saturated carbocycles. The molecule has 1 aromatic heterocycles. The summed E-state index contributed by atoms with van der Waals surface area (Å²) in [5.41, 5.74) is 7.64. The number of benzene rings is 1. The number of pyridine rings is 1. The molecule has 3 heteroatoms. The Bertz CT molecular complexity index is 559. The Labute approximate surface area is 114 Å². The van der Waals surface area contributed by atoms with Crippen molar-refractivity contribution in [3.05, 3.63) is 42.2 Å². The quantitative estimate of drug-likeness (QED) is 0.917. The highest BCUT2D eigenvalue weighted by atomic mass is 15.2. The summed E-state index contributed by atoms with van der Waals surface area (Å²) < 4.78 is 0. The number of nitrogens with zero attached hydrogens (tertiary/aromatic N) is 2. The number of hydrogen-bond donors (Lipinski definition) is 1. The standard InChI is InChI=1S/C16H21N3/c1-2-8-19-9-7-15(17)16(19)14-11-18-10-12-5-3-4-6-13(12)14/h3-6,10-11,15-16H,2,7-9,17H2,1H3. The van der Waals surface area contributed by atoms with Gasteiger partial charge in [-0.25, -0.2) is 0 Å². The van der Waals surface area contributed by atoms with E-state index in [-0.39, 0.29) is 6.04 Å². The summed E-state index contributed by atoms with van der Waals surface area (Å²) >= 11 is 0. The highest BCUT2D eigenvalue weighted by molar-refractivity contribution is 5.85. The van der Waals surface area contributed by atoms with E-state index in [1.165, 1.54) is 22.8 Å². The van der Waals surface area contributed by atoms with E-state index in [2.05, 4.69) is 41.1 Å². The molecular formula is C16H21N3. The summed E-state index contributed by atoms with van der Waals surface area (Å²) in [6.45, 7) is 4.44. The highest BCUT2D eigenvalue weighted by Crippen LogP contribution is 2.34. The van der Waals surface area contributed by atoms with Gasteiger partial charge in [-0.05, 0) is 30.3 Å². The van der Waals surface area contributed by atoms with Crippen LogP contribution in [-0.4, -0.2) is 29.0 Å². The molecule has 3 nitrogen and oxygen atoms in total. The predicted molar refractivity (Wildman–Crippen MR) is 78.9 cm³/mol. The van der Waals surface area contributed by atoms with Gasteiger partial charge in [0.05, 0.1) is 6.04 Å². The maximum absolute atomic E-state index is 6.35. The number of fused-ring (bicyclic) bond motifs is 1. The Morgan fingerprint density at radius 3 is 3.00 bits per heavy atom. The molecule has 1 fully saturated rings. The van der Waals surface area contributed by atoms with Crippen LogP contribution >= 0.6 is 0 Å². The number of rotatable bonds is 3. The Morgan fingerprint density at radius 1 is 1.32 bits per heavy atom. The Kier molecular flexibility index (Phi) is 3.49. The van der Waals surface area contributed by atoms with E-state index in [1.54, 1.807) is 0 Å². The molecule has 3 rings (SSSR count). The fourth-order valence-corrected chi connectivity index (χ4v) is 3.22. The van der Waals surface area contributed by atoms with Crippen LogP contribution in [0, 0.1) is 0 Å². The highest BCUT2D eigenvalue weighted by Gasteiger charge is 2.33. The molecule has 2 N–H and O–H groups in total. The average molecular weight is 255 g/mol. The molecule has 2 heterocycles. The van der Waals surface area contributed by atoms with Crippen molar-refractivity contribution in [3.63, 3.8) is 0 Å². The first-order valence-corrected chi connectivity index (χ1v) is 7.13. The van der Waals surface area contributed by atoms with E-state index in [4.69, 9.17) is 5.73 Å². The second-order valence-corrected chi connectivity index (χ2v) is 5.38. The van der Waals surface area contributed by atoms with Crippen molar-refractivity contribution in [2.24, 2.45) is 5.73 Å².